The monoisotopic (exact) mass is 222 g/mol. The van der Waals surface area contributed by atoms with Gasteiger partial charge in [0, 0.05) is 11.8 Å². The maximum absolute atomic E-state index is 11.9. The second-order valence-electron chi connectivity index (χ2n) is 4.43. The molecule has 0 aromatic rings. The molecule has 2 nitrogen and oxygen atoms in total. The van der Waals surface area contributed by atoms with Crippen molar-refractivity contribution < 1.29 is 9.59 Å². The zero-order valence-corrected chi connectivity index (χ0v) is 10.6. The van der Waals surface area contributed by atoms with E-state index in [4.69, 9.17) is 0 Å². The van der Waals surface area contributed by atoms with Crippen molar-refractivity contribution >= 4 is 11.6 Å². The zero-order chi connectivity index (χ0) is 12.8. The molecule has 0 amide bonds. The summed E-state index contributed by atoms with van der Waals surface area (Å²) in [5.41, 5.74) is -0.505. The molecular weight excluding hydrogens is 200 g/mol. The van der Waals surface area contributed by atoms with E-state index in [9.17, 15) is 9.59 Å². The van der Waals surface area contributed by atoms with Crippen LogP contribution in [0.2, 0.25) is 0 Å². The van der Waals surface area contributed by atoms with Crippen molar-refractivity contribution in [2.45, 2.75) is 40.0 Å². The summed E-state index contributed by atoms with van der Waals surface area (Å²) < 4.78 is 0. The van der Waals surface area contributed by atoms with E-state index in [2.05, 4.69) is 13.2 Å². The van der Waals surface area contributed by atoms with E-state index in [1.54, 1.807) is 26.0 Å². The molecule has 0 aliphatic heterocycles. The van der Waals surface area contributed by atoms with Gasteiger partial charge in [-0.05, 0) is 32.6 Å². The van der Waals surface area contributed by atoms with Crippen LogP contribution in [0.3, 0.4) is 0 Å². The quantitative estimate of drug-likeness (QED) is 0.590. The molecule has 0 aliphatic carbocycles. The van der Waals surface area contributed by atoms with E-state index in [0.29, 0.717) is 19.3 Å². The topological polar surface area (TPSA) is 34.1 Å². The lowest BCUT2D eigenvalue weighted by Crippen LogP contribution is -2.35. The van der Waals surface area contributed by atoms with Crippen molar-refractivity contribution in [3.05, 3.63) is 25.3 Å². The van der Waals surface area contributed by atoms with Gasteiger partial charge >= 0.3 is 0 Å². The van der Waals surface area contributed by atoms with Crippen LogP contribution in [0.5, 0.6) is 0 Å². The van der Waals surface area contributed by atoms with Crippen LogP contribution in [0.4, 0.5) is 0 Å². The Hall–Kier alpha value is -1.18. The van der Waals surface area contributed by atoms with Gasteiger partial charge in [0.05, 0.1) is 0 Å². The lowest BCUT2D eigenvalue weighted by molar-refractivity contribution is -0.129. The van der Waals surface area contributed by atoms with E-state index in [-0.39, 0.29) is 17.5 Å². The highest BCUT2D eigenvalue weighted by molar-refractivity contribution is 5.84. The second-order valence-corrected chi connectivity index (χ2v) is 4.43. The fourth-order valence-corrected chi connectivity index (χ4v) is 2.04. The standard InChI is InChI=1S/C14H22O2/c1-6-9-14(13(5)16,11(3)7-2)10-8-12(4)15/h6-7,11H,1-2,8-10H2,3-5H3/t11-,14+/m0/s1. The molecule has 0 bridgehead atoms. The lowest BCUT2D eigenvalue weighted by atomic mass is 9.67. The molecule has 0 saturated carbocycles. The van der Waals surface area contributed by atoms with Gasteiger partial charge in [-0.2, -0.15) is 0 Å². The molecule has 0 aromatic heterocycles. The van der Waals surface area contributed by atoms with Crippen LogP contribution in [0.15, 0.2) is 25.3 Å². The first-order chi connectivity index (χ1) is 7.40. The molecule has 2 heteroatoms. The Morgan fingerprint density at radius 3 is 2.19 bits per heavy atom. The third kappa shape index (κ3) is 3.44. The SMILES string of the molecule is C=CC[C@](CCC(C)=O)(C(C)=O)[C@@H](C)C=C. The molecule has 0 spiro atoms. The van der Waals surface area contributed by atoms with Gasteiger partial charge in [0.2, 0.25) is 0 Å². The number of Topliss-reactive ketones (excluding diaryl/α,β-unsaturated/α-hetero) is 2. The third-order valence-electron chi connectivity index (χ3n) is 3.36. The van der Waals surface area contributed by atoms with Crippen LogP contribution >= 0.6 is 0 Å². The molecule has 16 heavy (non-hydrogen) atoms. The molecule has 0 fully saturated rings. The number of ketones is 2. The second kappa shape index (κ2) is 6.41. The number of carbonyl (C=O) groups excluding carboxylic acids is 2. The van der Waals surface area contributed by atoms with Crippen molar-refractivity contribution in [2.75, 3.05) is 0 Å². The van der Waals surface area contributed by atoms with E-state index in [1.807, 2.05) is 6.92 Å². The summed E-state index contributed by atoms with van der Waals surface area (Å²) in [5.74, 6) is 0.286. The number of hydrogen-bond acceptors (Lipinski definition) is 2. The summed E-state index contributed by atoms with van der Waals surface area (Å²) in [5, 5.41) is 0. The Bertz CT molecular complexity index is 291. The predicted octanol–water partition coefficient (Wildman–Crippen LogP) is 3.33. The number of rotatable bonds is 8. The Morgan fingerprint density at radius 2 is 1.88 bits per heavy atom. The molecule has 2 atom stereocenters. The minimum absolute atomic E-state index is 0.0577. The molecule has 0 heterocycles. The van der Waals surface area contributed by atoms with Crippen LogP contribution in [-0.4, -0.2) is 11.6 Å². The van der Waals surface area contributed by atoms with Crippen LogP contribution < -0.4 is 0 Å². The van der Waals surface area contributed by atoms with Gasteiger partial charge in [0.15, 0.2) is 0 Å². The molecule has 90 valence electrons. The lowest BCUT2D eigenvalue weighted by Gasteiger charge is -2.34. The average Bonchev–Trinajstić information content (AvgIpc) is 2.22. The predicted molar refractivity (Wildman–Crippen MR) is 67.2 cm³/mol. The highest BCUT2D eigenvalue weighted by Gasteiger charge is 2.38. The largest absolute Gasteiger partial charge is 0.300 e. The van der Waals surface area contributed by atoms with Gasteiger partial charge in [0.1, 0.15) is 11.6 Å². The van der Waals surface area contributed by atoms with Crippen molar-refractivity contribution in [3.8, 4) is 0 Å². The summed E-state index contributed by atoms with van der Waals surface area (Å²) in [6, 6.07) is 0. The smallest absolute Gasteiger partial charge is 0.136 e. The van der Waals surface area contributed by atoms with Gasteiger partial charge in [-0.3, -0.25) is 4.79 Å². The van der Waals surface area contributed by atoms with Crippen LogP contribution in [0, 0.1) is 11.3 Å². The summed E-state index contributed by atoms with van der Waals surface area (Å²) in [6.07, 6.45) is 5.15. The van der Waals surface area contributed by atoms with Crippen LogP contribution in [0.25, 0.3) is 0 Å². The van der Waals surface area contributed by atoms with E-state index in [0.717, 1.165) is 0 Å². The van der Waals surface area contributed by atoms with Gasteiger partial charge in [-0.25, -0.2) is 0 Å². The number of allylic oxidation sites excluding steroid dienone is 2. The maximum atomic E-state index is 11.9. The molecule has 0 aromatic carbocycles. The normalized spacial score (nSPS) is 15.9. The number of carbonyl (C=O) groups is 2. The van der Waals surface area contributed by atoms with Crippen molar-refractivity contribution in [3.63, 3.8) is 0 Å². The molecule has 0 aliphatic rings. The Balaban J connectivity index is 5.07. The first-order valence-electron chi connectivity index (χ1n) is 5.64. The third-order valence-corrected chi connectivity index (χ3v) is 3.36. The fourth-order valence-electron chi connectivity index (χ4n) is 2.04. The van der Waals surface area contributed by atoms with Crippen LogP contribution in [0.1, 0.15) is 40.0 Å². The van der Waals surface area contributed by atoms with Gasteiger partial charge in [-0.1, -0.05) is 19.1 Å². The van der Waals surface area contributed by atoms with E-state index >= 15 is 0 Å². The van der Waals surface area contributed by atoms with E-state index in [1.165, 1.54) is 0 Å². The highest BCUT2D eigenvalue weighted by Crippen LogP contribution is 2.38. The summed E-state index contributed by atoms with van der Waals surface area (Å²) in [7, 11) is 0. The molecule has 0 unspecified atom stereocenters. The van der Waals surface area contributed by atoms with E-state index < -0.39 is 5.41 Å². The summed E-state index contributed by atoms with van der Waals surface area (Å²) >= 11 is 0. The minimum atomic E-state index is -0.505. The molecule has 0 radical (unpaired) electrons. The zero-order valence-electron chi connectivity index (χ0n) is 10.6. The Labute approximate surface area is 98.4 Å². The minimum Gasteiger partial charge on any atom is -0.300 e. The van der Waals surface area contributed by atoms with Gasteiger partial charge in [-0.15, -0.1) is 13.2 Å². The van der Waals surface area contributed by atoms with Crippen molar-refractivity contribution in [1.82, 2.24) is 0 Å². The Morgan fingerprint density at radius 1 is 1.31 bits per heavy atom. The first-order valence-corrected chi connectivity index (χ1v) is 5.64. The first kappa shape index (κ1) is 14.8. The molecule has 0 saturated heterocycles. The molecule has 0 rings (SSSR count). The highest BCUT2D eigenvalue weighted by atomic mass is 16.1. The number of hydrogen-bond donors (Lipinski definition) is 0. The van der Waals surface area contributed by atoms with Crippen molar-refractivity contribution in [1.29, 1.82) is 0 Å². The molecule has 0 N–H and O–H groups in total. The average molecular weight is 222 g/mol. The maximum Gasteiger partial charge on any atom is 0.136 e. The summed E-state index contributed by atoms with van der Waals surface area (Å²) in [4.78, 5) is 22.9. The summed E-state index contributed by atoms with van der Waals surface area (Å²) in [6.45, 7) is 12.6. The Kier molecular flexibility index (Phi) is 5.94. The van der Waals surface area contributed by atoms with Gasteiger partial charge < -0.3 is 4.79 Å². The van der Waals surface area contributed by atoms with Gasteiger partial charge in [0.25, 0.3) is 0 Å². The fraction of sp³-hybridized carbons (Fsp3) is 0.571. The molecular formula is C14H22O2. The van der Waals surface area contributed by atoms with Crippen LogP contribution in [-0.2, 0) is 9.59 Å². The van der Waals surface area contributed by atoms with Crippen molar-refractivity contribution in [2.24, 2.45) is 11.3 Å².